The van der Waals surface area contributed by atoms with Crippen LogP contribution in [0.2, 0.25) is 0 Å². The fourth-order valence-corrected chi connectivity index (χ4v) is 2.21. The van der Waals surface area contributed by atoms with Crippen LogP contribution in [0.1, 0.15) is 11.1 Å². The Labute approximate surface area is 109 Å². The maximum atomic E-state index is 10.8. The second-order valence-electron chi connectivity index (χ2n) is 4.21. The van der Waals surface area contributed by atoms with Gasteiger partial charge in [0.1, 0.15) is 0 Å². The Hall–Kier alpha value is -1.61. The summed E-state index contributed by atoms with van der Waals surface area (Å²) in [7, 11) is -2.88. The van der Waals surface area contributed by atoms with Crippen LogP contribution in [0.15, 0.2) is 60.7 Å². The van der Waals surface area contributed by atoms with Gasteiger partial charge in [-0.05, 0) is 12.5 Å². The van der Waals surface area contributed by atoms with Crippen LogP contribution in [0.5, 0.6) is 0 Å². The summed E-state index contributed by atoms with van der Waals surface area (Å²) in [6.45, 7) is 2.08. The Balaban J connectivity index is 0.000000199. The number of hydrogen-bond acceptors (Lipinski definition) is 2. The normalized spacial score (nSPS) is 10.3. The van der Waals surface area contributed by atoms with Crippen molar-refractivity contribution in [2.24, 2.45) is 0 Å². The molecule has 0 unspecified atom stereocenters. The van der Waals surface area contributed by atoms with Crippen LogP contribution in [0.3, 0.4) is 0 Å². The van der Waals surface area contributed by atoms with Crippen molar-refractivity contribution in [2.45, 2.75) is 12.7 Å². The fraction of sp³-hybridized carbons (Fsp3) is 0.200. The van der Waals surface area contributed by atoms with Gasteiger partial charge in [0.2, 0.25) is 0 Å². The maximum absolute atomic E-state index is 10.8. The first kappa shape index (κ1) is 14.5. The highest BCUT2D eigenvalue weighted by Gasteiger charge is 2.01. The molecule has 0 aliphatic carbocycles. The average molecular weight is 262 g/mol. The van der Waals surface area contributed by atoms with Crippen LogP contribution in [0, 0.1) is 6.92 Å². The molecule has 0 N–H and O–H groups in total. The Morgan fingerprint density at radius 3 is 1.61 bits per heavy atom. The summed E-state index contributed by atoms with van der Waals surface area (Å²) >= 11 is 0. The van der Waals surface area contributed by atoms with Gasteiger partial charge in [-0.3, -0.25) is 0 Å². The second kappa shape index (κ2) is 6.97. The molecule has 0 atom stereocenters. The lowest BCUT2D eigenvalue weighted by Gasteiger charge is -1.96. The minimum atomic E-state index is -2.88. The van der Waals surface area contributed by atoms with E-state index >= 15 is 0 Å². The fourth-order valence-electron chi connectivity index (χ4n) is 1.41. The Morgan fingerprint density at radius 1 is 0.833 bits per heavy atom. The summed E-state index contributed by atoms with van der Waals surface area (Å²) in [5, 5.41) is 0. The summed E-state index contributed by atoms with van der Waals surface area (Å²) in [5.74, 6) is 0.133. The summed E-state index contributed by atoms with van der Waals surface area (Å²) in [5.41, 5.74) is 2.16. The summed E-state index contributed by atoms with van der Waals surface area (Å²) in [6, 6.07) is 19.4. The second-order valence-corrected chi connectivity index (χ2v) is 6.35. The lowest BCUT2D eigenvalue weighted by molar-refractivity contribution is 0.601. The van der Waals surface area contributed by atoms with E-state index in [0.717, 1.165) is 5.56 Å². The van der Waals surface area contributed by atoms with Crippen molar-refractivity contribution in [1.82, 2.24) is 0 Å². The summed E-state index contributed by atoms with van der Waals surface area (Å²) < 4.78 is 21.6. The highest BCUT2D eigenvalue weighted by atomic mass is 32.2. The van der Waals surface area contributed by atoms with E-state index in [0.29, 0.717) is 0 Å². The first-order chi connectivity index (χ1) is 8.47. The van der Waals surface area contributed by atoms with Crippen LogP contribution in [-0.4, -0.2) is 14.7 Å². The molecule has 2 nitrogen and oxygen atoms in total. The molecule has 0 fully saturated rings. The van der Waals surface area contributed by atoms with Crippen LogP contribution in [-0.2, 0) is 15.6 Å². The molecular formula is C15H18O2S. The zero-order valence-electron chi connectivity index (χ0n) is 10.7. The van der Waals surface area contributed by atoms with Gasteiger partial charge in [0.25, 0.3) is 0 Å². The first-order valence-electron chi connectivity index (χ1n) is 5.71. The van der Waals surface area contributed by atoms with Gasteiger partial charge in [-0.25, -0.2) is 8.42 Å². The lowest BCUT2D eigenvalue weighted by atomic mass is 10.2. The van der Waals surface area contributed by atoms with Crippen molar-refractivity contribution in [3.63, 3.8) is 0 Å². The van der Waals surface area contributed by atoms with E-state index in [1.54, 1.807) is 12.1 Å². The molecule has 0 spiro atoms. The molecule has 0 bridgehead atoms. The molecule has 96 valence electrons. The smallest absolute Gasteiger partial charge is 0.151 e. The molecule has 2 aromatic rings. The Kier molecular flexibility index (Phi) is 5.59. The van der Waals surface area contributed by atoms with Crippen LogP contribution >= 0.6 is 0 Å². The number of sulfone groups is 1. The molecule has 0 amide bonds. The monoisotopic (exact) mass is 262 g/mol. The van der Waals surface area contributed by atoms with E-state index in [-0.39, 0.29) is 5.75 Å². The van der Waals surface area contributed by atoms with Crippen molar-refractivity contribution in [3.8, 4) is 0 Å². The van der Waals surface area contributed by atoms with Gasteiger partial charge in [0.15, 0.2) is 9.84 Å². The Bertz CT molecular complexity index is 546. The third kappa shape index (κ3) is 6.86. The van der Waals surface area contributed by atoms with E-state index in [9.17, 15) is 8.42 Å². The molecular weight excluding hydrogens is 244 g/mol. The van der Waals surface area contributed by atoms with Crippen LogP contribution in [0.4, 0.5) is 0 Å². The molecule has 0 aromatic heterocycles. The first-order valence-corrected chi connectivity index (χ1v) is 7.77. The van der Waals surface area contributed by atoms with E-state index in [1.165, 1.54) is 11.8 Å². The molecule has 0 aliphatic heterocycles. The summed E-state index contributed by atoms with van der Waals surface area (Å²) in [6.07, 6.45) is 1.24. The van der Waals surface area contributed by atoms with Crippen molar-refractivity contribution >= 4 is 9.84 Å². The third-order valence-corrected chi connectivity index (χ3v) is 3.07. The molecule has 0 saturated heterocycles. The van der Waals surface area contributed by atoms with Crippen LogP contribution < -0.4 is 0 Å². The zero-order valence-corrected chi connectivity index (χ0v) is 11.5. The third-order valence-electron chi connectivity index (χ3n) is 2.21. The molecule has 0 heterocycles. The van der Waals surface area contributed by atoms with Gasteiger partial charge < -0.3 is 0 Å². The Morgan fingerprint density at radius 2 is 1.28 bits per heavy atom. The quantitative estimate of drug-likeness (QED) is 0.832. The maximum Gasteiger partial charge on any atom is 0.151 e. The van der Waals surface area contributed by atoms with Gasteiger partial charge in [0.05, 0.1) is 5.75 Å². The SMILES string of the molecule is CS(=O)(=O)Cc1ccccc1.Cc1ccccc1. The predicted octanol–water partition coefficient (Wildman–Crippen LogP) is 3.23. The molecule has 0 aliphatic rings. The van der Waals surface area contributed by atoms with Gasteiger partial charge in [0, 0.05) is 6.26 Å². The minimum Gasteiger partial charge on any atom is -0.229 e. The molecule has 18 heavy (non-hydrogen) atoms. The predicted molar refractivity (Wildman–Crippen MR) is 76.2 cm³/mol. The number of benzene rings is 2. The topological polar surface area (TPSA) is 34.1 Å². The zero-order chi connectivity index (χ0) is 13.4. The van der Waals surface area contributed by atoms with Crippen molar-refractivity contribution in [3.05, 3.63) is 71.8 Å². The highest BCUT2D eigenvalue weighted by Crippen LogP contribution is 2.02. The summed E-state index contributed by atoms with van der Waals surface area (Å²) in [4.78, 5) is 0. The van der Waals surface area contributed by atoms with Crippen molar-refractivity contribution < 1.29 is 8.42 Å². The van der Waals surface area contributed by atoms with E-state index < -0.39 is 9.84 Å². The molecule has 0 radical (unpaired) electrons. The van der Waals surface area contributed by atoms with Gasteiger partial charge in [-0.2, -0.15) is 0 Å². The molecule has 2 aromatic carbocycles. The number of rotatable bonds is 2. The van der Waals surface area contributed by atoms with Crippen LogP contribution in [0.25, 0.3) is 0 Å². The highest BCUT2D eigenvalue weighted by molar-refractivity contribution is 7.89. The molecule has 0 saturated carbocycles. The lowest BCUT2D eigenvalue weighted by Crippen LogP contribution is -1.99. The largest absolute Gasteiger partial charge is 0.229 e. The van der Waals surface area contributed by atoms with Gasteiger partial charge in [-0.1, -0.05) is 66.2 Å². The average Bonchev–Trinajstić information content (AvgIpc) is 2.30. The molecule has 3 heteroatoms. The number of aryl methyl sites for hydroxylation is 1. The molecule has 2 rings (SSSR count). The van der Waals surface area contributed by atoms with Gasteiger partial charge in [-0.15, -0.1) is 0 Å². The number of hydrogen-bond donors (Lipinski definition) is 0. The van der Waals surface area contributed by atoms with E-state index in [2.05, 4.69) is 19.1 Å². The van der Waals surface area contributed by atoms with Crippen molar-refractivity contribution in [1.29, 1.82) is 0 Å². The van der Waals surface area contributed by atoms with E-state index in [4.69, 9.17) is 0 Å². The van der Waals surface area contributed by atoms with E-state index in [1.807, 2.05) is 36.4 Å². The minimum absolute atomic E-state index is 0.133. The van der Waals surface area contributed by atoms with Crippen molar-refractivity contribution in [2.75, 3.05) is 6.26 Å². The van der Waals surface area contributed by atoms with Gasteiger partial charge >= 0.3 is 0 Å². The standard InChI is InChI=1S/C8H10O2S.C7H8/c1-11(9,10)7-8-5-3-2-4-6-8;1-7-5-3-2-4-6-7/h2-6H,7H2,1H3;2-6H,1H3.